The summed E-state index contributed by atoms with van der Waals surface area (Å²) in [4.78, 5) is 13.5. The van der Waals surface area contributed by atoms with E-state index in [1.807, 2.05) is 0 Å². The summed E-state index contributed by atoms with van der Waals surface area (Å²) in [5.41, 5.74) is 0.384. The van der Waals surface area contributed by atoms with E-state index >= 15 is 0 Å². The monoisotopic (exact) mass is 378 g/mol. The number of halogens is 2. The topological polar surface area (TPSA) is 49.4 Å². The predicted molar refractivity (Wildman–Crippen MR) is 101 cm³/mol. The lowest BCUT2D eigenvalue weighted by Crippen LogP contribution is -2.36. The lowest BCUT2D eigenvalue weighted by molar-refractivity contribution is -0.118. The van der Waals surface area contributed by atoms with Gasteiger partial charge in [-0.1, -0.05) is 24.3 Å². The molecule has 138 valence electrons. The summed E-state index contributed by atoms with van der Waals surface area (Å²) in [5, 5.41) is 3.37. The van der Waals surface area contributed by atoms with E-state index in [1.54, 1.807) is 44.6 Å². The number of nitrogens with one attached hydrogen (secondary N) is 1. The van der Waals surface area contributed by atoms with Crippen LogP contribution in [0.15, 0.2) is 36.4 Å². The van der Waals surface area contributed by atoms with Gasteiger partial charge in [0.1, 0.15) is 7.14 Å². The van der Waals surface area contributed by atoms with Crippen LogP contribution in [0.25, 0.3) is 11.1 Å². The number of anilines is 1. The van der Waals surface area contributed by atoms with E-state index < -0.39 is 18.8 Å². The van der Waals surface area contributed by atoms with Crippen molar-refractivity contribution in [2.45, 2.75) is 12.5 Å². The summed E-state index contributed by atoms with van der Waals surface area (Å²) >= 11 is 0. The number of benzene rings is 2. The molecule has 26 heavy (non-hydrogen) atoms. The van der Waals surface area contributed by atoms with Gasteiger partial charge in [-0.2, -0.15) is 0 Å². The second-order valence-corrected chi connectivity index (χ2v) is 9.93. The van der Waals surface area contributed by atoms with Gasteiger partial charge in [-0.25, -0.2) is 8.78 Å². The Morgan fingerprint density at radius 3 is 2.38 bits per heavy atom. The van der Waals surface area contributed by atoms with Gasteiger partial charge in [-0.15, -0.1) is 0 Å². The smallest absolute Gasteiger partial charge is 0.244 e. The highest BCUT2D eigenvalue weighted by atomic mass is 31.2. The van der Waals surface area contributed by atoms with Gasteiger partial charge in [0.2, 0.25) is 5.91 Å². The van der Waals surface area contributed by atoms with Crippen molar-refractivity contribution in [3.8, 4) is 11.1 Å². The molecule has 1 N–H and O–H groups in total. The summed E-state index contributed by atoms with van der Waals surface area (Å²) in [7, 11) is -1.01. The zero-order valence-electron chi connectivity index (χ0n) is 14.9. The molecule has 4 nitrogen and oxygen atoms in total. The molecule has 1 atom stereocenters. The van der Waals surface area contributed by atoms with E-state index in [2.05, 4.69) is 5.32 Å². The van der Waals surface area contributed by atoms with Crippen LogP contribution in [0, 0.1) is 11.6 Å². The number of rotatable bonds is 4. The van der Waals surface area contributed by atoms with Crippen LogP contribution in [0.2, 0.25) is 0 Å². The number of nitrogens with zero attached hydrogens (tertiary/aromatic N) is 1. The van der Waals surface area contributed by atoms with E-state index in [0.717, 1.165) is 0 Å². The molecule has 7 heteroatoms. The molecule has 1 aliphatic heterocycles. The van der Waals surface area contributed by atoms with Crippen LogP contribution in [0.1, 0.15) is 6.42 Å². The summed E-state index contributed by atoms with van der Waals surface area (Å²) in [5.74, 6) is -2.38. The molecule has 1 unspecified atom stereocenters. The zero-order valence-corrected chi connectivity index (χ0v) is 15.8. The highest BCUT2D eigenvalue weighted by molar-refractivity contribution is 7.70. The predicted octanol–water partition coefficient (Wildman–Crippen LogP) is 3.20. The van der Waals surface area contributed by atoms with E-state index in [0.29, 0.717) is 23.8 Å². The number of hydrogen-bond acceptors (Lipinski definition) is 3. The maximum Gasteiger partial charge on any atom is 0.244 e. The third kappa shape index (κ3) is 3.19. The molecule has 0 saturated carbocycles. The van der Waals surface area contributed by atoms with E-state index in [4.69, 9.17) is 0 Å². The van der Waals surface area contributed by atoms with Crippen LogP contribution < -0.4 is 15.5 Å². The minimum Gasteiger partial charge on any atom is -0.319 e. The molecule has 0 aliphatic carbocycles. The van der Waals surface area contributed by atoms with Crippen LogP contribution in [-0.4, -0.2) is 38.9 Å². The Bertz CT molecular complexity index is 910. The second-order valence-electron chi connectivity index (χ2n) is 6.75. The Morgan fingerprint density at radius 1 is 1.08 bits per heavy atom. The number of likely N-dealkylation sites (N-methyl/N-ethyl adjacent to an activating group) is 1. The van der Waals surface area contributed by atoms with Crippen LogP contribution in [0.3, 0.4) is 0 Å². The molecule has 2 aromatic rings. The second kappa shape index (κ2) is 6.93. The van der Waals surface area contributed by atoms with Gasteiger partial charge >= 0.3 is 0 Å². The normalized spacial score (nSPS) is 17.8. The molecule has 1 fully saturated rings. The Morgan fingerprint density at radius 2 is 1.77 bits per heavy atom. The molecule has 0 radical (unpaired) electrons. The van der Waals surface area contributed by atoms with Crippen LogP contribution in [0.4, 0.5) is 14.5 Å². The fourth-order valence-electron chi connectivity index (χ4n) is 3.31. The Balaban J connectivity index is 2.08. The van der Waals surface area contributed by atoms with Crippen LogP contribution in [0.5, 0.6) is 0 Å². The van der Waals surface area contributed by atoms with Gasteiger partial charge in [0.05, 0.1) is 11.7 Å². The summed E-state index contributed by atoms with van der Waals surface area (Å²) < 4.78 is 42.2. The highest BCUT2D eigenvalue weighted by Crippen LogP contribution is 2.40. The van der Waals surface area contributed by atoms with Crippen molar-refractivity contribution in [1.29, 1.82) is 0 Å². The van der Waals surface area contributed by atoms with Gasteiger partial charge < -0.3 is 14.8 Å². The molecule has 1 amide bonds. The first kappa shape index (κ1) is 18.7. The molecule has 1 aliphatic rings. The zero-order chi connectivity index (χ0) is 19.1. The molecular formula is C19H21F2N2O2P. The fraction of sp³-hybridized carbons (Fsp3) is 0.316. The Kier molecular flexibility index (Phi) is 5.00. The fourth-order valence-corrected chi connectivity index (χ4v) is 4.53. The van der Waals surface area contributed by atoms with Crippen molar-refractivity contribution in [3.63, 3.8) is 0 Å². The molecule has 0 bridgehead atoms. The quantitative estimate of drug-likeness (QED) is 0.832. The lowest BCUT2D eigenvalue weighted by Gasteiger charge is -2.20. The van der Waals surface area contributed by atoms with Crippen LogP contribution >= 0.6 is 7.14 Å². The average Bonchev–Trinajstić information content (AvgIpc) is 2.97. The minimum absolute atomic E-state index is 0.0441. The number of hydrogen-bond donors (Lipinski definition) is 1. The first-order valence-electron chi connectivity index (χ1n) is 8.37. The van der Waals surface area contributed by atoms with E-state index in [9.17, 15) is 18.1 Å². The highest BCUT2D eigenvalue weighted by Gasteiger charge is 2.34. The molecular weight excluding hydrogens is 357 g/mol. The average molecular weight is 378 g/mol. The molecule has 1 saturated heterocycles. The number of carbonyl (C=O) groups is 1. The van der Waals surface area contributed by atoms with E-state index in [-0.39, 0.29) is 23.2 Å². The molecule has 1 heterocycles. The SMILES string of the molecule is CNC1CCN(c2ccc(-c3ccccc3P(C)(C)=O)c(F)c2F)C1=O. The standard InChI is InChI=1S/C19H21F2N2O2P/c1-22-14-10-11-23(19(14)24)15-9-8-13(17(20)18(15)21)12-6-4-5-7-16(12)26(2,3)25/h4-9,14,22H,10-11H2,1-3H3. The van der Waals surface area contributed by atoms with Gasteiger partial charge in [-0.05, 0) is 44.5 Å². The van der Waals surface area contributed by atoms with Gasteiger partial charge in [0.25, 0.3) is 0 Å². The third-order valence-corrected chi connectivity index (χ3v) is 6.23. The van der Waals surface area contributed by atoms with Crippen molar-refractivity contribution < 1.29 is 18.1 Å². The molecule has 0 spiro atoms. The summed E-state index contributed by atoms with van der Waals surface area (Å²) in [6.45, 7) is 3.51. The summed E-state index contributed by atoms with van der Waals surface area (Å²) in [6.07, 6.45) is 0.538. The molecule has 2 aromatic carbocycles. The maximum absolute atomic E-state index is 14.9. The van der Waals surface area contributed by atoms with Gasteiger partial charge in [-0.3, -0.25) is 4.79 Å². The van der Waals surface area contributed by atoms with Crippen molar-refractivity contribution >= 4 is 24.0 Å². The van der Waals surface area contributed by atoms with Crippen LogP contribution in [-0.2, 0) is 9.36 Å². The Hall–Kier alpha value is -2.04. The number of amides is 1. The first-order chi connectivity index (χ1) is 12.3. The van der Waals surface area contributed by atoms with Gasteiger partial charge in [0, 0.05) is 17.4 Å². The Labute approximate surface area is 151 Å². The van der Waals surface area contributed by atoms with Crippen molar-refractivity contribution in [2.24, 2.45) is 0 Å². The maximum atomic E-state index is 14.9. The number of carbonyl (C=O) groups excluding carboxylic acids is 1. The van der Waals surface area contributed by atoms with E-state index in [1.165, 1.54) is 17.0 Å². The first-order valence-corrected chi connectivity index (χ1v) is 11.0. The lowest BCUT2D eigenvalue weighted by atomic mass is 10.0. The van der Waals surface area contributed by atoms with Crippen molar-refractivity contribution in [3.05, 3.63) is 48.0 Å². The van der Waals surface area contributed by atoms with Crippen molar-refractivity contribution in [2.75, 3.05) is 31.8 Å². The summed E-state index contributed by atoms with van der Waals surface area (Å²) in [6, 6.07) is 9.19. The third-order valence-electron chi connectivity index (χ3n) is 4.68. The van der Waals surface area contributed by atoms with Crippen molar-refractivity contribution in [1.82, 2.24) is 5.32 Å². The largest absolute Gasteiger partial charge is 0.319 e. The van der Waals surface area contributed by atoms with Gasteiger partial charge in [0.15, 0.2) is 11.6 Å². The molecule has 0 aromatic heterocycles. The molecule has 3 rings (SSSR count). The minimum atomic E-state index is -2.67.